The summed E-state index contributed by atoms with van der Waals surface area (Å²) in [5.74, 6) is -0.118. The lowest BCUT2D eigenvalue weighted by molar-refractivity contribution is -0.385. The first-order valence-electron chi connectivity index (χ1n) is 7.36. The molecule has 0 saturated heterocycles. The molecule has 0 N–H and O–H groups in total. The fourth-order valence-corrected chi connectivity index (χ4v) is 3.82. The quantitative estimate of drug-likeness (QED) is 0.489. The van der Waals surface area contributed by atoms with Crippen LogP contribution in [-0.4, -0.2) is 22.3 Å². The number of benzene rings is 1. The second-order valence-electron chi connectivity index (χ2n) is 5.41. The summed E-state index contributed by atoms with van der Waals surface area (Å²) in [5.41, 5.74) is 1.64. The van der Waals surface area contributed by atoms with Crippen molar-refractivity contribution in [3.05, 3.63) is 67.9 Å². The van der Waals surface area contributed by atoms with E-state index in [4.69, 9.17) is 0 Å². The van der Waals surface area contributed by atoms with Crippen LogP contribution in [0.2, 0.25) is 0 Å². The lowest BCUT2D eigenvalue weighted by atomic mass is 10.0. The molecule has 2 heterocycles. The largest absolute Gasteiger partial charge is 0.332 e. The number of carbonyl (C=O) groups is 1. The summed E-state index contributed by atoms with van der Waals surface area (Å²) in [6, 6.07) is 8.51. The first-order chi connectivity index (χ1) is 11.1. The second-order valence-corrected chi connectivity index (χ2v) is 6.41. The van der Waals surface area contributed by atoms with Crippen LogP contribution in [-0.2, 0) is 11.2 Å². The molecule has 0 radical (unpaired) electrons. The number of fused-ring (bicyclic) bond motifs is 1. The minimum Gasteiger partial charge on any atom is -0.332 e. The molecule has 0 saturated carbocycles. The molecule has 0 fully saturated rings. The van der Waals surface area contributed by atoms with Gasteiger partial charge < -0.3 is 4.90 Å². The molecule has 1 aromatic carbocycles. The number of thiophene rings is 1. The molecule has 1 atom stereocenters. The molecule has 5 nitrogen and oxygen atoms in total. The molecular weight excluding hydrogens is 312 g/mol. The van der Waals surface area contributed by atoms with Crippen LogP contribution >= 0.6 is 11.3 Å². The van der Waals surface area contributed by atoms with E-state index in [0.29, 0.717) is 12.1 Å². The monoisotopic (exact) mass is 328 g/mol. The summed E-state index contributed by atoms with van der Waals surface area (Å²) in [6.07, 6.45) is 3.81. The third-order valence-corrected chi connectivity index (χ3v) is 5.10. The maximum Gasteiger partial charge on any atom is 0.276 e. The van der Waals surface area contributed by atoms with Gasteiger partial charge in [0.2, 0.25) is 5.91 Å². The normalized spacial score (nSPS) is 17.3. The van der Waals surface area contributed by atoms with Gasteiger partial charge in [-0.2, -0.15) is 0 Å². The summed E-state index contributed by atoms with van der Waals surface area (Å²) in [7, 11) is 0. The Bertz CT molecular complexity index is 782. The van der Waals surface area contributed by atoms with Crippen LogP contribution < -0.4 is 0 Å². The minimum atomic E-state index is -0.439. The average molecular weight is 328 g/mol. The predicted molar refractivity (Wildman–Crippen MR) is 90.3 cm³/mol. The number of rotatable bonds is 3. The van der Waals surface area contributed by atoms with Crippen molar-refractivity contribution in [3.63, 3.8) is 0 Å². The molecule has 0 aliphatic carbocycles. The van der Waals surface area contributed by atoms with Gasteiger partial charge in [-0.1, -0.05) is 12.1 Å². The number of hydrogen-bond acceptors (Lipinski definition) is 4. The molecule has 1 aliphatic rings. The van der Waals surface area contributed by atoms with E-state index < -0.39 is 4.92 Å². The van der Waals surface area contributed by atoms with Crippen molar-refractivity contribution in [2.75, 3.05) is 6.54 Å². The number of nitro groups is 1. The molecule has 118 valence electrons. The molecule has 1 aliphatic heterocycles. The zero-order valence-corrected chi connectivity index (χ0v) is 13.5. The second kappa shape index (κ2) is 6.34. The summed E-state index contributed by atoms with van der Waals surface area (Å²) in [6.45, 7) is 2.69. The van der Waals surface area contributed by atoms with Crippen molar-refractivity contribution in [2.45, 2.75) is 19.4 Å². The highest BCUT2D eigenvalue weighted by atomic mass is 32.1. The number of amides is 1. The van der Waals surface area contributed by atoms with E-state index in [9.17, 15) is 14.9 Å². The van der Waals surface area contributed by atoms with Crippen molar-refractivity contribution in [3.8, 4) is 0 Å². The Kier molecular flexibility index (Phi) is 4.25. The topological polar surface area (TPSA) is 63.5 Å². The summed E-state index contributed by atoms with van der Waals surface area (Å²) in [4.78, 5) is 26.2. The zero-order chi connectivity index (χ0) is 16.4. The number of nitrogens with zero attached hydrogens (tertiary/aromatic N) is 2. The molecule has 3 rings (SSSR count). The molecule has 6 heteroatoms. The van der Waals surface area contributed by atoms with E-state index in [-0.39, 0.29) is 17.6 Å². The van der Waals surface area contributed by atoms with E-state index in [1.165, 1.54) is 28.7 Å². The average Bonchev–Trinajstić information content (AvgIpc) is 3.02. The Morgan fingerprint density at radius 2 is 2.17 bits per heavy atom. The Morgan fingerprint density at radius 1 is 1.39 bits per heavy atom. The third kappa shape index (κ3) is 3.03. The van der Waals surface area contributed by atoms with Gasteiger partial charge in [-0.15, -0.1) is 11.3 Å². The molecule has 0 bridgehead atoms. The highest BCUT2D eigenvalue weighted by Crippen LogP contribution is 2.33. The van der Waals surface area contributed by atoms with Crippen molar-refractivity contribution >= 4 is 29.0 Å². The molecule has 23 heavy (non-hydrogen) atoms. The molecule has 0 spiro atoms. The Hall–Kier alpha value is -2.47. The minimum absolute atomic E-state index is 0.00311. The number of carbonyl (C=O) groups excluding carboxylic acids is 1. The fraction of sp³-hybridized carbons (Fsp3) is 0.235. The highest BCUT2D eigenvalue weighted by molar-refractivity contribution is 7.10. The smallest absolute Gasteiger partial charge is 0.276 e. The Balaban J connectivity index is 1.79. The standard InChI is InChI=1S/C17H16N2O3S/c1-12-14-9-11-23-16(14)8-10-18(12)17(20)7-6-13-4-2-3-5-15(13)19(21)22/h2-7,9,11-12H,8,10H2,1H3/b7-6+/t12-/m0/s1. The van der Waals surface area contributed by atoms with E-state index >= 15 is 0 Å². The number of hydrogen-bond donors (Lipinski definition) is 0. The lowest BCUT2D eigenvalue weighted by Crippen LogP contribution is -2.37. The summed E-state index contributed by atoms with van der Waals surface area (Å²) < 4.78 is 0. The SMILES string of the molecule is C[C@H]1c2ccsc2CCN1C(=O)/C=C/c1ccccc1[N+](=O)[O-]. The van der Waals surface area contributed by atoms with Gasteiger partial charge in [-0.3, -0.25) is 14.9 Å². The van der Waals surface area contributed by atoms with Crippen LogP contribution in [0.25, 0.3) is 6.08 Å². The number of nitro benzene ring substituents is 1. The third-order valence-electron chi connectivity index (χ3n) is 4.10. The summed E-state index contributed by atoms with van der Waals surface area (Å²) in [5, 5.41) is 13.1. The highest BCUT2D eigenvalue weighted by Gasteiger charge is 2.27. The first kappa shape index (κ1) is 15.4. The molecule has 0 unspecified atom stereocenters. The fourth-order valence-electron chi connectivity index (χ4n) is 2.86. The summed E-state index contributed by atoms with van der Waals surface area (Å²) >= 11 is 1.73. The van der Waals surface area contributed by atoms with Crippen LogP contribution in [0, 0.1) is 10.1 Å². The van der Waals surface area contributed by atoms with Gasteiger partial charge in [0.15, 0.2) is 0 Å². The maximum atomic E-state index is 12.5. The van der Waals surface area contributed by atoms with Gasteiger partial charge in [-0.25, -0.2) is 0 Å². The van der Waals surface area contributed by atoms with Gasteiger partial charge in [0.05, 0.1) is 16.5 Å². The molecule has 1 amide bonds. The zero-order valence-electron chi connectivity index (χ0n) is 12.6. The number of para-hydroxylation sites is 1. The van der Waals surface area contributed by atoms with Gasteiger partial charge in [0.25, 0.3) is 5.69 Å². The van der Waals surface area contributed by atoms with Crippen molar-refractivity contribution < 1.29 is 9.72 Å². The van der Waals surface area contributed by atoms with Gasteiger partial charge >= 0.3 is 0 Å². The van der Waals surface area contributed by atoms with Crippen molar-refractivity contribution in [2.24, 2.45) is 0 Å². The maximum absolute atomic E-state index is 12.5. The van der Waals surface area contributed by atoms with E-state index in [1.54, 1.807) is 34.4 Å². The van der Waals surface area contributed by atoms with Gasteiger partial charge in [-0.05, 0) is 42.5 Å². The van der Waals surface area contributed by atoms with Gasteiger partial charge in [0, 0.05) is 23.6 Å². The molecule has 2 aromatic rings. The molecular formula is C17H16N2O3S. The lowest BCUT2D eigenvalue weighted by Gasteiger charge is -2.32. The van der Waals surface area contributed by atoms with Crippen molar-refractivity contribution in [1.29, 1.82) is 0 Å². The molecule has 1 aromatic heterocycles. The Labute approximate surface area is 138 Å². The van der Waals surface area contributed by atoms with Crippen LogP contribution in [0.15, 0.2) is 41.8 Å². The Morgan fingerprint density at radius 3 is 2.96 bits per heavy atom. The first-order valence-corrected chi connectivity index (χ1v) is 8.24. The van der Waals surface area contributed by atoms with E-state index in [0.717, 1.165) is 6.42 Å². The van der Waals surface area contributed by atoms with E-state index in [1.807, 2.05) is 6.92 Å². The van der Waals surface area contributed by atoms with Gasteiger partial charge in [0.1, 0.15) is 0 Å². The van der Waals surface area contributed by atoms with Crippen molar-refractivity contribution in [1.82, 2.24) is 4.90 Å². The van der Waals surface area contributed by atoms with Crippen LogP contribution in [0.1, 0.15) is 29.0 Å². The predicted octanol–water partition coefficient (Wildman–Crippen LogP) is 3.82. The van der Waals surface area contributed by atoms with Crippen LogP contribution in [0.4, 0.5) is 5.69 Å². The van der Waals surface area contributed by atoms with E-state index in [2.05, 4.69) is 11.4 Å². The van der Waals surface area contributed by atoms with Crippen LogP contribution in [0.5, 0.6) is 0 Å². The van der Waals surface area contributed by atoms with Crippen LogP contribution in [0.3, 0.4) is 0 Å².